The third kappa shape index (κ3) is 3.80. The van der Waals surface area contributed by atoms with E-state index in [0.717, 1.165) is 40.0 Å². The predicted octanol–water partition coefficient (Wildman–Crippen LogP) is 7.28. The zero-order valence-corrected chi connectivity index (χ0v) is 16.2. The first-order valence-electron chi connectivity index (χ1n) is 7.00. The molecule has 0 saturated carbocycles. The van der Waals surface area contributed by atoms with E-state index in [1.165, 1.54) is 0 Å². The van der Waals surface area contributed by atoms with Crippen molar-refractivity contribution < 1.29 is 17.6 Å². The quantitative estimate of drug-likeness (QED) is 0.264. The summed E-state index contributed by atoms with van der Waals surface area (Å²) in [6, 6.07) is 12.7. The molecule has 0 aliphatic heterocycles. The van der Waals surface area contributed by atoms with Crippen LogP contribution in [0.25, 0.3) is 0 Å². The molecular formula is C18H10ClF4IS. The Hall–Kier alpha value is -1.25. The van der Waals surface area contributed by atoms with Gasteiger partial charge in [-0.25, -0.2) is 17.6 Å². The minimum absolute atomic E-state index is 0.123. The molecule has 0 N–H and O–H groups in total. The molecule has 130 valence electrons. The van der Waals surface area contributed by atoms with Crippen LogP contribution in [0.15, 0.2) is 75.4 Å². The Morgan fingerprint density at radius 2 is 0.960 bits per heavy atom. The van der Waals surface area contributed by atoms with E-state index in [1.807, 2.05) is 0 Å². The second-order valence-corrected chi connectivity index (χ2v) is 10.3. The van der Waals surface area contributed by atoms with Gasteiger partial charge in [0, 0.05) is 30.4 Å². The second kappa shape index (κ2) is 7.17. The van der Waals surface area contributed by atoms with Crippen LogP contribution in [0, 0.1) is 26.8 Å². The Labute approximate surface area is 161 Å². The highest BCUT2D eigenvalue weighted by Crippen LogP contribution is 2.72. The molecule has 0 bridgehead atoms. The minimum atomic E-state index is -2.77. The van der Waals surface area contributed by atoms with Crippen LogP contribution in [0.3, 0.4) is 0 Å². The summed E-state index contributed by atoms with van der Waals surface area (Å²) in [4.78, 5) is 0.764. The topological polar surface area (TPSA) is 0 Å². The van der Waals surface area contributed by atoms with Crippen LogP contribution >= 0.6 is 42.5 Å². The third-order valence-electron chi connectivity index (χ3n) is 3.46. The van der Waals surface area contributed by atoms with Gasteiger partial charge in [0.15, 0.2) is 0 Å². The Balaban J connectivity index is 2.32. The van der Waals surface area contributed by atoms with Crippen molar-refractivity contribution in [3.63, 3.8) is 0 Å². The highest BCUT2D eigenvalue weighted by molar-refractivity contribution is 14.1. The first-order chi connectivity index (χ1) is 11.8. The van der Waals surface area contributed by atoms with Gasteiger partial charge in [-0.05, 0) is 71.1 Å². The molecule has 3 rings (SSSR count). The first-order valence-corrected chi connectivity index (χ1v) is 10.5. The van der Waals surface area contributed by atoms with Crippen molar-refractivity contribution >= 4 is 42.5 Å². The number of rotatable bonds is 3. The molecule has 7 heteroatoms. The SMILES string of the molecule is Fc1cc(F)cc(S(Cl)(c2ccc(I)cc2)c2cc(F)cc(F)c2)c1. The number of hydrogen-bond acceptors (Lipinski definition) is 0. The van der Waals surface area contributed by atoms with Gasteiger partial charge in [-0.15, -0.1) is 0 Å². The summed E-state index contributed by atoms with van der Waals surface area (Å²) in [6.07, 6.45) is 0. The summed E-state index contributed by atoms with van der Waals surface area (Å²) in [5.74, 6) is -3.24. The highest BCUT2D eigenvalue weighted by atomic mass is 127. The molecule has 0 heterocycles. The fourth-order valence-electron chi connectivity index (χ4n) is 2.41. The lowest BCUT2D eigenvalue weighted by Crippen LogP contribution is -2.00. The van der Waals surface area contributed by atoms with E-state index >= 15 is 0 Å². The van der Waals surface area contributed by atoms with E-state index in [4.69, 9.17) is 10.7 Å². The lowest BCUT2D eigenvalue weighted by molar-refractivity contribution is 0.576. The van der Waals surface area contributed by atoms with Crippen LogP contribution in [0.5, 0.6) is 0 Å². The monoisotopic (exact) mass is 496 g/mol. The largest absolute Gasteiger partial charge is 0.207 e. The summed E-state index contributed by atoms with van der Waals surface area (Å²) in [7, 11) is 4.10. The van der Waals surface area contributed by atoms with Gasteiger partial charge in [0.05, 0.1) is 0 Å². The van der Waals surface area contributed by atoms with Crippen LogP contribution in [-0.2, 0) is 0 Å². The van der Waals surface area contributed by atoms with Gasteiger partial charge in [-0.2, -0.15) is 0 Å². The van der Waals surface area contributed by atoms with Gasteiger partial charge in [-0.1, -0.05) is 19.9 Å². The predicted molar refractivity (Wildman–Crippen MR) is 100 cm³/mol. The maximum absolute atomic E-state index is 13.8. The van der Waals surface area contributed by atoms with E-state index < -0.39 is 32.5 Å². The molecule has 0 saturated heterocycles. The number of hydrogen-bond donors (Lipinski definition) is 0. The van der Waals surface area contributed by atoms with Crippen LogP contribution in [0.2, 0.25) is 0 Å². The molecule has 0 aliphatic carbocycles. The molecule has 3 aromatic carbocycles. The van der Waals surface area contributed by atoms with Crippen molar-refractivity contribution in [2.45, 2.75) is 14.7 Å². The molecule has 0 spiro atoms. The van der Waals surface area contributed by atoms with Gasteiger partial charge in [0.2, 0.25) is 0 Å². The number of benzene rings is 3. The molecule has 0 radical (unpaired) electrons. The average molecular weight is 497 g/mol. The molecule has 25 heavy (non-hydrogen) atoms. The van der Waals surface area contributed by atoms with E-state index in [1.54, 1.807) is 24.3 Å². The van der Waals surface area contributed by atoms with Gasteiger partial charge in [-0.3, -0.25) is 0 Å². The Morgan fingerprint density at radius 1 is 0.600 bits per heavy atom. The maximum Gasteiger partial charge on any atom is 0.127 e. The summed E-state index contributed by atoms with van der Waals surface area (Å²) < 4.78 is 56.0. The van der Waals surface area contributed by atoms with Crippen molar-refractivity contribution in [3.05, 3.63) is 87.5 Å². The average Bonchev–Trinajstić information content (AvgIpc) is 2.53. The zero-order valence-electron chi connectivity index (χ0n) is 12.4. The number of halogens is 6. The molecule has 0 unspecified atom stereocenters. The van der Waals surface area contributed by atoms with Crippen molar-refractivity contribution in [3.8, 4) is 0 Å². The molecule has 0 nitrogen and oxygen atoms in total. The summed E-state index contributed by atoms with van der Waals surface area (Å²) in [5.41, 5.74) is 0. The fraction of sp³-hybridized carbons (Fsp3) is 0. The van der Waals surface area contributed by atoms with E-state index in [0.29, 0.717) is 4.90 Å². The summed E-state index contributed by atoms with van der Waals surface area (Å²) >= 11 is 2.10. The van der Waals surface area contributed by atoms with Crippen molar-refractivity contribution in [1.29, 1.82) is 0 Å². The van der Waals surface area contributed by atoms with Gasteiger partial charge in [0.1, 0.15) is 23.3 Å². The van der Waals surface area contributed by atoms with Crippen molar-refractivity contribution in [2.75, 3.05) is 0 Å². The van der Waals surface area contributed by atoms with Crippen molar-refractivity contribution in [2.24, 2.45) is 0 Å². The first kappa shape index (κ1) is 18.5. The Bertz CT molecular complexity index is 839. The molecule has 3 aromatic rings. The lowest BCUT2D eigenvalue weighted by atomic mass is 10.3. The van der Waals surface area contributed by atoms with E-state index in [2.05, 4.69) is 22.6 Å². The minimum Gasteiger partial charge on any atom is -0.207 e. The molecule has 0 aliphatic rings. The van der Waals surface area contributed by atoms with Crippen molar-refractivity contribution in [1.82, 2.24) is 0 Å². The zero-order chi connectivity index (χ0) is 18.2. The van der Waals surface area contributed by atoms with Crippen LogP contribution in [-0.4, -0.2) is 0 Å². The fourth-order valence-corrected chi connectivity index (χ4v) is 6.04. The van der Waals surface area contributed by atoms with Crippen LogP contribution in [0.1, 0.15) is 0 Å². The lowest BCUT2D eigenvalue weighted by Gasteiger charge is -2.34. The molecule has 0 aromatic heterocycles. The molecular weight excluding hydrogens is 487 g/mol. The molecule has 0 fully saturated rings. The van der Waals surface area contributed by atoms with Gasteiger partial charge in [0.25, 0.3) is 0 Å². The van der Waals surface area contributed by atoms with Gasteiger partial charge < -0.3 is 0 Å². The smallest absolute Gasteiger partial charge is 0.127 e. The highest BCUT2D eigenvalue weighted by Gasteiger charge is 2.31. The summed E-state index contributed by atoms with van der Waals surface area (Å²) in [5, 5.41) is 0. The normalized spacial score (nSPS) is 12.2. The van der Waals surface area contributed by atoms with E-state index in [-0.39, 0.29) is 9.79 Å². The van der Waals surface area contributed by atoms with Gasteiger partial charge >= 0.3 is 0 Å². The third-order valence-corrected chi connectivity index (χ3v) is 8.48. The summed E-state index contributed by atoms with van der Waals surface area (Å²) in [6.45, 7) is 0. The van der Waals surface area contributed by atoms with Crippen LogP contribution in [0.4, 0.5) is 17.6 Å². The second-order valence-electron chi connectivity index (χ2n) is 5.20. The molecule has 0 atom stereocenters. The van der Waals surface area contributed by atoms with Crippen LogP contribution < -0.4 is 0 Å². The Morgan fingerprint density at radius 3 is 1.32 bits per heavy atom. The molecule has 0 amide bonds. The van der Waals surface area contributed by atoms with E-state index in [9.17, 15) is 17.6 Å². The Kier molecular flexibility index (Phi) is 5.31. The maximum atomic E-state index is 13.8. The standard InChI is InChI=1S/C18H10ClF4IS/c19-25(16-3-1-15(24)2-4-16,17-7-11(20)5-12(21)8-17)18-9-13(22)6-14(23)10-18/h1-10H.